The second kappa shape index (κ2) is 9.26. The SMILES string of the molecule is CC1CCN(c2ccc(NC(=O)NC(C)CN3CCCCC3)cc2)CC1. The van der Waals surface area contributed by atoms with Crippen molar-refractivity contribution >= 4 is 17.4 Å². The Morgan fingerprint density at radius 1 is 1.08 bits per heavy atom. The first-order valence-corrected chi connectivity index (χ1v) is 10.2. The van der Waals surface area contributed by atoms with Crippen LogP contribution in [0, 0.1) is 5.92 Å². The second-order valence-electron chi connectivity index (χ2n) is 8.08. The summed E-state index contributed by atoms with van der Waals surface area (Å²) in [6, 6.07) is 8.27. The van der Waals surface area contributed by atoms with Gasteiger partial charge in [-0.3, -0.25) is 0 Å². The molecule has 1 atom stereocenters. The third-order valence-electron chi connectivity index (χ3n) is 5.63. The van der Waals surface area contributed by atoms with Gasteiger partial charge in [0.15, 0.2) is 0 Å². The zero-order valence-electron chi connectivity index (χ0n) is 16.3. The fourth-order valence-electron chi connectivity index (χ4n) is 3.99. The van der Waals surface area contributed by atoms with E-state index < -0.39 is 0 Å². The van der Waals surface area contributed by atoms with Gasteiger partial charge in [0.2, 0.25) is 0 Å². The molecule has 1 aromatic carbocycles. The molecule has 0 aliphatic carbocycles. The maximum Gasteiger partial charge on any atom is 0.319 e. The molecule has 2 aliphatic rings. The van der Waals surface area contributed by atoms with E-state index in [1.54, 1.807) is 0 Å². The van der Waals surface area contributed by atoms with Crippen LogP contribution in [-0.4, -0.2) is 49.7 Å². The van der Waals surface area contributed by atoms with Crippen molar-refractivity contribution in [2.24, 2.45) is 5.92 Å². The fraction of sp³-hybridized carbons (Fsp3) is 0.667. The van der Waals surface area contributed by atoms with Gasteiger partial charge in [-0.25, -0.2) is 4.79 Å². The minimum Gasteiger partial charge on any atom is -0.372 e. The number of carbonyl (C=O) groups is 1. The molecule has 1 aromatic rings. The van der Waals surface area contributed by atoms with Gasteiger partial charge < -0.3 is 20.4 Å². The van der Waals surface area contributed by atoms with Gasteiger partial charge in [0.1, 0.15) is 0 Å². The van der Waals surface area contributed by atoms with Crippen molar-refractivity contribution in [3.63, 3.8) is 0 Å². The van der Waals surface area contributed by atoms with E-state index >= 15 is 0 Å². The van der Waals surface area contributed by atoms with Crippen molar-refractivity contribution < 1.29 is 4.79 Å². The molecule has 0 radical (unpaired) electrons. The third kappa shape index (κ3) is 5.63. The van der Waals surface area contributed by atoms with Crippen LogP contribution in [0.5, 0.6) is 0 Å². The average Bonchev–Trinajstić information content (AvgIpc) is 2.64. The maximum absolute atomic E-state index is 12.2. The third-order valence-corrected chi connectivity index (χ3v) is 5.63. The lowest BCUT2D eigenvalue weighted by Gasteiger charge is -2.32. The van der Waals surface area contributed by atoms with Gasteiger partial charge >= 0.3 is 6.03 Å². The Morgan fingerprint density at radius 3 is 2.38 bits per heavy atom. The zero-order valence-corrected chi connectivity index (χ0v) is 16.3. The Kier molecular flexibility index (Phi) is 6.78. The maximum atomic E-state index is 12.2. The summed E-state index contributed by atoms with van der Waals surface area (Å²) in [6.45, 7) is 9.91. The van der Waals surface area contributed by atoms with E-state index in [0.717, 1.165) is 44.3 Å². The van der Waals surface area contributed by atoms with Gasteiger partial charge in [0.05, 0.1) is 0 Å². The molecule has 5 nitrogen and oxygen atoms in total. The predicted molar refractivity (Wildman–Crippen MR) is 109 cm³/mol. The molecule has 3 rings (SSSR count). The molecule has 0 bridgehead atoms. The van der Waals surface area contributed by atoms with Crippen LogP contribution in [-0.2, 0) is 0 Å². The van der Waals surface area contributed by atoms with Gasteiger partial charge in [-0.05, 0) is 75.9 Å². The van der Waals surface area contributed by atoms with Crippen LogP contribution in [0.25, 0.3) is 0 Å². The molecule has 144 valence electrons. The Hall–Kier alpha value is -1.75. The fourth-order valence-corrected chi connectivity index (χ4v) is 3.99. The Labute approximate surface area is 158 Å². The molecule has 0 aromatic heterocycles. The number of urea groups is 1. The molecular formula is C21H34N4O. The van der Waals surface area contributed by atoms with Gasteiger partial charge in [-0.1, -0.05) is 13.3 Å². The lowest BCUT2D eigenvalue weighted by atomic mass is 9.99. The van der Waals surface area contributed by atoms with Crippen LogP contribution in [0.4, 0.5) is 16.2 Å². The number of benzene rings is 1. The Bertz CT molecular complexity index is 560. The van der Waals surface area contributed by atoms with Crippen LogP contribution in [0.15, 0.2) is 24.3 Å². The summed E-state index contributed by atoms with van der Waals surface area (Å²) in [7, 11) is 0. The van der Waals surface area contributed by atoms with Gasteiger partial charge in [-0.2, -0.15) is 0 Å². The second-order valence-corrected chi connectivity index (χ2v) is 8.08. The Balaban J connectivity index is 1.43. The smallest absolute Gasteiger partial charge is 0.319 e. The number of hydrogen-bond donors (Lipinski definition) is 2. The standard InChI is InChI=1S/C21H34N4O/c1-17-10-14-25(15-11-17)20-8-6-19(7-9-20)23-21(26)22-18(2)16-24-12-4-3-5-13-24/h6-9,17-18H,3-5,10-16H2,1-2H3,(H2,22,23,26). The first-order chi connectivity index (χ1) is 12.6. The summed E-state index contributed by atoms with van der Waals surface area (Å²) >= 11 is 0. The summed E-state index contributed by atoms with van der Waals surface area (Å²) in [5.41, 5.74) is 2.10. The molecule has 0 saturated carbocycles. The molecule has 2 heterocycles. The van der Waals surface area contributed by atoms with Crippen molar-refractivity contribution in [1.82, 2.24) is 10.2 Å². The van der Waals surface area contributed by atoms with E-state index in [0.29, 0.717) is 0 Å². The van der Waals surface area contributed by atoms with Gasteiger partial charge in [0, 0.05) is 37.1 Å². The number of carbonyl (C=O) groups excluding carboxylic acids is 1. The molecule has 2 aliphatic heterocycles. The first-order valence-electron chi connectivity index (χ1n) is 10.2. The number of hydrogen-bond acceptors (Lipinski definition) is 3. The topological polar surface area (TPSA) is 47.6 Å². The highest BCUT2D eigenvalue weighted by molar-refractivity contribution is 5.89. The van der Waals surface area contributed by atoms with E-state index in [2.05, 4.69) is 46.4 Å². The van der Waals surface area contributed by atoms with E-state index in [1.807, 2.05) is 12.1 Å². The zero-order chi connectivity index (χ0) is 18.4. The van der Waals surface area contributed by atoms with Crippen LogP contribution in [0.1, 0.15) is 46.0 Å². The number of piperidine rings is 2. The molecular weight excluding hydrogens is 324 g/mol. The highest BCUT2D eigenvalue weighted by Crippen LogP contribution is 2.24. The molecule has 2 saturated heterocycles. The summed E-state index contributed by atoms with van der Waals surface area (Å²) in [6.07, 6.45) is 6.42. The number of anilines is 2. The van der Waals surface area contributed by atoms with E-state index in [4.69, 9.17) is 0 Å². The molecule has 1 unspecified atom stereocenters. The number of amides is 2. The monoisotopic (exact) mass is 358 g/mol. The molecule has 0 spiro atoms. The van der Waals surface area contributed by atoms with Crippen molar-refractivity contribution in [3.05, 3.63) is 24.3 Å². The van der Waals surface area contributed by atoms with Crippen LogP contribution >= 0.6 is 0 Å². The molecule has 2 N–H and O–H groups in total. The first kappa shape index (κ1) is 19.0. The quantitative estimate of drug-likeness (QED) is 0.839. The van der Waals surface area contributed by atoms with Crippen LogP contribution in [0.2, 0.25) is 0 Å². The normalized spacial score (nSPS) is 20.6. The number of likely N-dealkylation sites (tertiary alicyclic amines) is 1. The van der Waals surface area contributed by atoms with Crippen molar-refractivity contribution in [3.8, 4) is 0 Å². The summed E-state index contributed by atoms with van der Waals surface area (Å²) in [4.78, 5) is 17.1. The van der Waals surface area contributed by atoms with Gasteiger partial charge in [-0.15, -0.1) is 0 Å². The lowest BCUT2D eigenvalue weighted by Crippen LogP contribution is -2.45. The van der Waals surface area contributed by atoms with Gasteiger partial charge in [0.25, 0.3) is 0 Å². The van der Waals surface area contributed by atoms with Crippen molar-refractivity contribution in [1.29, 1.82) is 0 Å². The molecule has 2 fully saturated rings. The lowest BCUT2D eigenvalue weighted by molar-refractivity contribution is 0.206. The minimum atomic E-state index is -0.117. The minimum absolute atomic E-state index is 0.117. The largest absolute Gasteiger partial charge is 0.372 e. The summed E-state index contributed by atoms with van der Waals surface area (Å²) in [5, 5.41) is 6.02. The number of rotatable bonds is 5. The molecule has 26 heavy (non-hydrogen) atoms. The average molecular weight is 359 g/mol. The number of nitrogens with one attached hydrogen (secondary N) is 2. The Morgan fingerprint density at radius 2 is 1.73 bits per heavy atom. The predicted octanol–water partition coefficient (Wildman–Crippen LogP) is 3.92. The highest BCUT2D eigenvalue weighted by atomic mass is 16.2. The van der Waals surface area contributed by atoms with E-state index in [1.165, 1.54) is 37.8 Å². The summed E-state index contributed by atoms with van der Waals surface area (Å²) < 4.78 is 0. The van der Waals surface area contributed by atoms with Crippen LogP contribution < -0.4 is 15.5 Å². The van der Waals surface area contributed by atoms with E-state index in [-0.39, 0.29) is 12.1 Å². The van der Waals surface area contributed by atoms with Crippen molar-refractivity contribution in [2.45, 2.75) is 52.0 Å². The van der Waals surface area contributed by atoms with Crippen molar-refractivity contribution in [2.75, 3.05) is 42.9 Å². The molecule has 5 heteroatoms. The number of nitrogens with zero attached hydrogens (tertiary/aromatic N) is 2. The van der Waals surface area contributed by atoms with Crippen LogP contribution in [0.3, 0.4) is 0 Å². The summed E-state index contributed by atoms with van der Waals surface area (Å²) in [5.74, 6) is 0.836. The van der Waals surface area contributed by atoms with E-state index in [9.17, 15) is 4.79 Å². The highest BCUT2D eigenvalue weighted by Gasteiger charge is 2.17. The molecule has 2 amide bonds.